The van der Waals surface area contributed by atoms with Crippen molar-refractivity contribution in [2.45, 2.75) is 77.9 Å². The number of ether oxygens (including phenoxy) is 5. The predicted octanol–water partition coefficient (Wildman–Crippen LogP) is 5.97. The van der Waals surface area contributed by atoms with E-state index < -0.39 is 12.2 Å². The highest BCUT2D eigenvalue weighted by molar-refractivity contribution is 5.56. The van der Waals surface area contributed by atoms with Gasteiger partial charge >= 0.3 is 0 Å². The average molecular weight is 489 g/mol. The number of methoxy groups -OCH3 is 1. The van der Waals surface area contributed by atoms with Crippen LogP contribution in [-0.4, -0.2) is 43.2 Å². The van der Waals surface area contributed by atoms with Gasteiger partial charge in [0, 0.05) is 29.7 Å². The number of benzene rings is 2. The van der Waals surface area contributed by atoms with Gasteiger partial charge in [0.1, 0.15) is 17.2 Å². The van der Waals surface area contributed by atoms with E-state index in [1.807, 2.05) is 12.1 Å². The summed E-state index contributed by atoms with van der Waals surface area (Å²) in [6, 6.07) is 6.83. The summed E-state index contributed by atoms with van der Waals surface area (Å²) in [6.45, 7) is 8.03. The number of hydrogen-bond donors (Lipinski definition) is 2. The second kappa shape index (κ2) is 13.3. The predicted molar refractivity (Wildman–Crippen MR) is 135 cm³/mol. The van der Waals surface area contributed by atoms with Gasteiger partial charge < -0.3 is 33.9 Å². The van der Waals surface area contributed by atoms with Gasteiger partial charge in [0.25, 0.3) is 0 Å². The molecule has 194 valence electrons. The number of fused-ring (bicyclic) bond motifs is 1. The van der Waals surface area contributed by atoms with Crippen LogP contribution in [0.2, 0.25) is 0 Å². The van der Waals surface area contributed by atoms with Crippen LogP contribution in [0.1, 0.15) is 76.5 Å². The number of rotatable bonds is 14. The van der Waals surface area contributed by atoms with E-state index in [2.05, 4.69) is 20.8 Å². The summed E-state index contributed by atoms with van der Waals surface area (Å²) >= 11 is 0. The molecule has 0 aliphatic carbocycles. The molecule has 0 amide bonds. The normalized spacial score (nSPS) is 16.8. The quantitative estimate of drug-likeness (QED) is 0.317. The van der Waals surface area contributed by atoms with E-state index >= 15 is 0 Å². The molecule has 0 aromatic heterocycles. The third-order valence-electron chi connectivity index (χ3n) is 6.02. The SMILES string of the molecule is CCCCOc1cc(C2Oc3cc(O)cc(OC)c3CC2O)cc(OCCCC)c1OCCCC. The van der Waals surface area contributed by atoms with Crippen LogP contribution >= 0.6 is 0 Å². The van der Waals surface area contributed by atoms with Crippen LogP contribution in [0.25, 0.3) is 0 Å². The Morgan fingerprint density at radius 3 is 1.94 bits per heavy atom. The standard InChI is InChI=1S/C28H40O7/c1-5-8-11-32-25-14-19(15-26(33-12-9-6-2)28(25)34-13-10-7-3)27-22(30)18-21-23(31-4)16-20(29)17-24(21)35-27/h14-17,22,27,29-30H,5-13,18H2,1-4H3. The van der Waals surface area contributed by atoms with Crippen LogP contribution in [-0.2, 0) is 6.42 Å². The molecule has 0 spiro atoms. The van der Waals surface area contributed by atoms with Crippen LogP contribution in [0, 0.1) is 0 Å². The van der Waals surface area contributed by atoms with Crippen molar-refractivity contribution in [1.29, 1.82) is 0 Å². The minimum absolute atomic E-state index is 0.0441. The summed E-state index contributed by atoms with van der Waals surface area (Å²) in [5.74, 6) is 2.80. The smallest absolute Gasteiger partial charge is 0.203 e. The molecule has 0 bridgehead atoms. The van der Waals surface area contributed by atoms with Gasteiger partial charge in [-0.15, -0.1) is 0 Å². The van der Waals surface area contributed by atoms with Crippen molar-refractivity contribution in [3.05, 3.63) is 35.4 Å². The van der Waals surface area contributed by atoms with Crippen LogP contribution < -0.4 is 23.7 Å². The average Bonchev–Trinajstić information content (AvgIpc) is 2.85. The number of unbranched alkanes of at least 4 members (excludes halogenated alkanes) is 3. The molecule has 1 aliphatic heterocycles. The Morgan fingerprint density at radius 1 is 0.829 bits per heavy atom. The van der Waals surface area contributed by atoms with Crippen LogP contribution in [0.5, 0.6) is 34.5 Å². The third-order valence-corrected chi connectivity index (χ3v) is 6.02. The van der Waals surface area contributed by atoms with E-state index in [-0.39, 0.29) is 5.75 Å². The summed E-state index contributed by atoms with van der Waals surface area (Å²) in [4.78, 5) is 0. The lowest BCUT2D eigenvalue weighted by molar-refractivity contribution is 0.0195. The zero-order chi connectivity index (χ0) is 25.2. The molecule has 2 unspecified atom stereocenters. The Bertz CT molecular complexity index is 912. The summed E-state index contributed by atoms with van der Waals surface area (Å²) in [5.41, 5.74) is 1.46. The maximum Gasteiger partial charge on any atom is 0.203 e. The lowest BCUT2D eigenvalue weighted by Gasteiger charge is -2.32. The molecule has 0 saturated carbocycles. The second-order valence-electron chi connectivity index (χ2n) is 8.89. The molecular weight excluding hydrogens is 448 g/mol. The van der Waals surface area contributed by atoms with E-state index in [9.17, 15) is 10.2 Å². The number of hydrogen-bond acceptors (Lipinski definition) is 7. The lowest BCUT2D eigenvalue weighted by Crippen LogP contribution is -2.30. The van der Waals surface area contributed by atoms with Gasteiger partial charge in [-0.2, -0.15) is 0 Å². The summed E-state index contributed by atoms with van der Waals surface area (Å²) in [7, 11) is 1.53. The number of phenolic OH excluding ortho intramolecular Hbond substituents is 1. The Hall–Kier alpha value is -2.80. The van der Waals surface area contributed by atoms with Crippen LogP contribution in [0.15, 0.2) is 24.3 Å². The topological polar surface area (TPSA) is 86.6 Å². The first kappa shape index (κ1) is 26.8. The minimum atomic E-state index is -0.820. The summed E-state index contributed by atoms with van der Waals surface area (Å²) in [6.07, 6.45) is 4.65. The van der Waals surface area contributed by atoms with E-state index in [1.165, 1.54) is 13.2 Å². The number of phenols is 1. The molecule has 2 atom stereocenters. The van der Waals surface area contributed by atoms with Gasteiger partial charge in [-0.3, -0.25) is 0 Å². The summed E-state index contributed by atoms with van der Waals surface area (Å²) < 4.78 is 30.0. The Balaban J connectivity index is 2.00. The Morgan fingerprint density at radius 2 is 1.40 bits per heavy atom. The fourth-order valence-corrected chi connectivity index (χ4v) is 4.01. The molecule has 7 nitrogen and oxygen atoms in total. The van der Waals surface area contributed by atoms with E-state index in [1.54, 1.807) is 6.07 Å². The third kappa shape index (κ3) is 6.88. The van der Waals surface area contributed by atoms with Crippen molar-refractivity contribution in [2.24, 2.45) is 0 Å². The lowest BCUT2D eigenvalue weighted by atomic mass is 9.93. The van der Waals surface area contributed by atoms with E-state index in [0.717, 1.165) is 49.7 Å². The Labute approximate surface area is 208 Å². The highest BCUT2D eigenvalue weighted by Gasteiger charge is 2.34. The molecule has 3 rings (SSSR count). The number of aliphatic hydroxyl groups is 1. The van der Waals surface area contributed by atoms with Crippen molar-refractivity contribution in [1.82, 2.24) is 0 Å². The van der Waals surface area contributed by atoms with E-state index in [0.29, 0.717) is 55.0 Å². The van der Waals surface area contributed by atoms with Gasteiger partial charge in [0.15, 0.2) is 17.6 Å². The molecule has 2 N–H and O–H groups in total. The fourth-order valence-electron chi connectivity index (χ4n) is 4.01. The Kier molecular flexibility index (Phi) is 10.2. The minimum Gasteiger partial charge on any atom is -0.508 e. The molecule has 1 aliphatic rings. The molecule has 1 heterocycles. The van der Waals surface area contributed by atoms with Gasteiger partial charge in [0.2, 0.25) is 5.75 Å². The monoisotopic (exact) mass is 488 g/mol. The van der Waals surface area contributed by atoms with Gasteiger partial charge in [-0.1, -0.05) is 40.0 Å². The van der Waals surface area contributed by atoms with Crippen molar-refractivity contribution >= 4 is 0 Å². The van der Waals surface area contributed by atoms with Crippen molar-refractivity contribution < 1.29 is 33.9 Å². The highest BCUT2D eigenvalue weighted by Crippen LogP contribution is 2.46. The highest BCUT2D eigenvalue weighted by atomic mass is 16.5. The summed E-state index contributed by atoms with van der Waals surface area (Å²) in [5, 5.41) is 21.2. The van der Waals surface area contributed by atoms with Crippen LogP contribution in [0.3, 0.4) is 0 Å². The van der Waals surface area contributed by atoms with Crippen LogP contribution in [0.4, 0.5) is 0 Å². The maximum atomic E-state index is 11.1. The molecule has 2 aromatic carbocycles. The maximum absolute atomic E-state index is 11.1. The molecule has 2 aromatic rings. The largest absolute Gasteiger partial charge is 0.508 e. The second-order valence-corrected chi connectivity index (χ2v) is 8.89. The first-order chi connectivity index (χ1) is 17.0. The molecular formula is C28H40O7. The van der Waals surface area contributed by atoms with Gasteiger partial charge in [-0.25, -0.2) is 0 Å². The van der Waals surface area contributed by atoms with Crippen molar-refractivity contribution in [2.75, 3.05) is 26.9 Å². The fraction of sp³-hybridized carbons (Fsp3) is 0.571. The number of aromatic hydroxyl groups is 1. The number of aliphatic hydroxyl groups excluding tert-OH is 1. The zero-order valence-corrected chi connectivity index (χ0v) is 21.5. The van der Waals surface area contributed by atoms with E-state index in [4.69, 9.17) is 23.7 Å². The molecule has 7 heteroatoms. The van der Waals surface area contributed by atoms with Crippen molar-refractivity contribution in [3.63, 3.8) is 0 Å². The molecule has 0 radical (unpaired) electrons. The molecule has 0 saturated heterocycles. The van der Waals surface area contributed by atoms with Gasteiger partial charge in [-0.05, 0) is 31.4 Å². The molecule has 0 fully saturated rings. The molecule has 35 heavy (non-hydrogen) atoms. The van der Waals surface area contributed by atoms with Gasteiger partial charge in [0.05, 0.1) is 33.0 Å². The first-order valence-corrected chi connectivity index (χ1v) is 12.8. The van der Waals surface area contributed by atoms with Crippen molar-refractivity contribution in [3.8, 4) is 34.5 Å². The first-order valence-electron chi connectivity index (χ1n) is 12.8. The zero-order valence-electron chi connectivity index (χ0n) is 21.5.